The van der Waals surface area contributed by atoms with Crippen molar-refractivity contribution in [1.82, 2.24) is 10.2 Å². The second-order valence-corrected chi connectivity index (χ2v) is 4.41. The van der Waals surface area contributed by atoms with E-state index in [4.69, 9.17) is 4.74 Å². The highest BCUT2D eigenvalue weighted by molar-refractivity contribution is 5.89. The first kappa shape index (κ1) is 12.1. The van der Waals surface area contributed by atoms with Gasteiger partial charge in [0, 0.05) is 11.3 Å². The third-order valence-corrected chi connectivity index (χ3v) is 3.42. The van der Waals surface area contributed by atoms with Crippen molar-refractivity contribution in [2.24, 2.45) is 11.8 Å². The standard InChI is InChI=1S/C11H14N2O2.C2H6/c1-2-15-11(14)10-8-4-6-3-7(6)5-9(8)12-13-10;1-2/h6-7H,2-5H2,1H3,(H,12,13);1-2H3. The Morgan fingerprint density at radius 2 is 2.12 bits per heavy atom. The molecule has 0 amide bonds. The summed E-state index contributed by atoms with van der Waals surface area (Å²) in [6, 6.07) is 0. The lowest BCUT2D eigenvalue weighted by molar-refractivity contribution is 0.0518. The van der Waals surface area contributed by atoms with Crippen molar-refractivity contribution in [2.75, 3.05) is 6.61 Å². The zero-order valence-corrected chi connectivity index (χ0v) is 10.7. The Balaban J connectivity index is 0.000000514. The number of aromatic amines is 1. The van der Waals surface area contributed by atoms with Crippen LogP contribution in [0.4, 0.5) is 0 Å². The fourth-order valence-corrected chi connectivity index (χ4v) is 2.49. The van der Waals surface area contributed by atoms with Crippen molar-refractivity contribution in [3.63, 3.8) is 0 Å². The summed E-state index contributed by atoms with van der Waals surface area (Å²) in [7, 11) is 0. The number of ether oxygens (including phenoxy) is 1. The highest BCUT2D eigenvalue weighted by Crippen LogP contribution is 2.48. The average molecular weight is 236 g/mol. The Kier molecular flexibility index (Phi) is 3.50. The van der Waals surface area contributed by atoms with Gasteiger partial charge in [-0.15, -0.1) is 0 Å². The first-order valence-electron chi connectivity index (χ1n) is 6.52. The number of rotatable bonds is 2. The molecule has 0 aromatic carbocycles. The molecule has 1 fully saturated rings. The van der Waals surface area contributed by atoms with Gasteiger partial charge in [-0.05, 0) is 38.0 Å². The van der Waals surface area contributed by atoms with Crippen LogP contribution in [0, 0.1) is 11.8 Å². The third kappa shape index (κ3) is 2.21. The van der Waals surface area contributed by atoms with Crippen LogP contribution in [0.15, 0.2) is 0 Å². The molecule has 94 valence electrons. The minimum Gasteiger partial charge on any atom is -0.461 e. The van der Waals surface area contributed by atoms with E-state index in [2.05, 4.69) is 10.2 Å². The lowest BCUT2D eigenvalue weighted by Gasteiger charge is -2.09. The second-order valence-electron chi connectivity index (χ2n) is 4.41. The van der Waals surface area contributed by atoms with Crippen molar-refractivity contribution in [3.05, 3.63) is 17.0 Å². The van der Waals surface area contributed by atoms with Gasteiger partial charge in [-0.25, -0.2) is 4.79 Å². The summed E-state index contributed by atoms with van der Waals surface area (Å²) in [4.78, 5) is 11.6. The van der Waals surface area contributed by atoms with Gasteiger partial charge in [0.15, 0.2) is 5.69 Å². The number of hydrogen-bond acceptors (Lipinski definition) is 3. The predicted molar refractivity (Wildman–Crippen MR) is 64.9 cm³/mol. The molecule has 0 aliphatic heterocycles. The number of aromatic nitrogens is 2. The molecule has 0 saturated heterocycles. The molecule has 1 heterocycles. The Morgan fingerprint density at radius 1 is 1.41 bits per heavy atom. The summed E-state index contributed by atoms with van der Waals surface area (Å²) in [6.45, 7) is 6.22. The van der Waals surface area contributed by atoms with Gasteiger partial charge < -0.3 is 4.74 Å². The molecule has 2 aliphatic carbocycles. The molecule has 1 aromatic heterocycles. The number of hydrogen-bond donors (Lipinski definition) is 1. The van der Waals surface area contributed by atoms with E-state index in [0.29, 0.717) is 12.3 Å². The molecular formula is C13H20N2O2. The van der Waals surface area contributed by atoms with E-state index in [-0.39, 0.29) is 5.97 Å². The zero-order chi connectivity index (χ0) is 12.4. The van der Waals surface area contributed by atoms with Gasteiger partial charge in [0.25, 0.3) is 0 Å². The normalized spacial score (nSPS) is 23.9. The molecule has 3 rings (SSSR count). The Bertz CT molecular complexity index is 412. The molecule has 17 heavy (non-hydrogen) atoms. The first-order valence-corrected chi connectivity index (χ1v) is 6.52. The fourth-order valence-electron chi connectivity index (χ4n) is 2.49. The summed E-state index contributed by atoms with van der Waals surface area (Å²) in [6.07, 6.45) is 3.38. The van der Waals surface area contributed by atoms with E-state index in [0.717, 1.165) is 35.9 Å². The highest BCUT2D eigenvalue weighted by Gasteiger charge is 2.43. The van der Waals surface area contributed by atoms with Crippen LogP contribution in [-0.2, 0) is 17.6 Å². The molecular weight excluding hydrogens is 216 g/mol. The van der Waals surface area contributed by atoms with Crippen LogP contribution in [0.5, 0.6) is 0 Å². The van der Waals surface area contributed by atoms with Crippen molar-refractivity contribution >= 4 is 5.97 Å². The van der Waals surface area contributed by atoms with Crippen LogP contribution in [0.1, 0.15) is 48.9 Å². The first-order chi connectivity index (χ1) is 8.29. The molecule has 1 N–H and O–H groups in total. The van der Waals surface area contributed by atoms with Gasteiger partial charge in [-0.2, -0.15) is 5.10 Å². The number of esters is 1. The summed E-state index contributed by atoms with van der Waals surface area (Å²) in [5.74, 6) is 1.35. The molecule has 2 unspecified atom stereocenters. The number of carbonyl (C=O) groups excluding carboxylic acids is 1. The summed E-state index contributed by atoms with van der Waals surface area (Å²) < 4.78 is 4.98. The molecule has 4 heteroatoms. The van der Waals surface area contributed by atoms with Crippen LogP contribution >= 0.6 is 0 Å². The maximum atomic E-state index is 11.6. The lowest BCUT2D eigenvalue weighted by Crippen LogP contribution is -2.11. The Morgan fingerprint density at radius 3 is 2.82 bits per heavy atom. The van der Waals surface area contributed by atoms with Gasteiger partial charge in [-0.3, -0.25) is 5.10 Å². The Hall–Kier alpha value is -1.32. The predicted octanol–water partition coefficient (Wildman–Crippen LogP) is 2.35. The van der Waals surface area contributed by atoms with Crippen LogP contribution in [-0.4, -0.2) is 22.8 Å². The molecule has 0 bridgehead atoms. The van der Waals surface area contributed by atoms with Crippen molar-refractivity contribution in [1.29, 1.82) is 0 Å². The maximum absolute atomic E-state index is 11.6. The average Bonchev–Trinajstić information content (AvgIpc) is 2.98. The molecule has 4 nitrogen and oxygen atoms in total. The number of nitrogens with one attached hydrogen (secondary N) is 1. The van der Waals surface area contributed by atoms with E-state index in [1.54, 1.807) is 0 Å². The number of fused-ring (bicyclic) bond motifs is 2. The van der Waals surface area contributed by atoms with Crippen LogP contribution in [0.3, 0.4) is 0 Å². The van der Waals surface area contributed by atoms with Crippen LogP contribution < -0.4 is 0 Å². The smallest absolute Gasteiger partial charge is 0.359 e. The van der Waals surface area contributed by atoms with Crippen LogP contribution in [0.2, 0.25) is 0 Å². The monoisotopic (exact) mass is 236 g/mol. The maximum Gasteiger partial charge on any atom is 0.359 e. The molecule has 0 spiro atoms. The SMILES string of the molecule is CC.CCOC(=O)c1n[nH]c2c1CC1CC1C2. The lowest BCUT2D eigenvalue weighted by atomic mass is 9.96. The van der Waals surface area contributed by atoms with Crippen LogP contribution in [0.25, 0.3) is 0 Å². The second kappa shape index (κ2) is 4.90. The summed E-state index contributed by atoms with van der Waals surface area (Å²) in [5.41, 5.74) is 2.77. The van der Waals surface area contributed by atoms with E-state index in [1.807, 2.05) is 20.8 Å². The Labute approximate surface area is 102 Å². The minimum atomic E-state index is -0.283. The number of nitrogens with zero attached hydrogens (tertiary/aromatic N) is 1. The third-order valence-electron chi connectivity index (χ3n) is 3.42. The molecule has 2 atom stereocenters. The van der Waals surface area contributed by atoms with Crippen molar-refractivity contribution in [2.45, 2.75) is 40.0 Å². The van der Waals surface area contributed by atoms with Gasteiger partial charge in [0.1, 0.15) is 0 Å². The molecule has 0 radical (unpaired) electrons. The largest absolute Gasteiger partial charge is 0.461 e. The molecule has 1 aromatic rings. The summed E-state index contributed by atoms with van der Waals surface area (Å²) >= 11 is 0. The topological polar surface area (TPSA) is 55.0 Å². The number of H-pyrrole nitrogens is 1. The molecule has 1 saturated carbocycles. The highest BCUT2D eigenvalue weighted by atomic mass is 16.5. The van der Waals surface area contributed by atoms with Crippen molar-refractivity contribution in [3.8, 4) is 0 Å². The van der Waals surface area contributed by atoms with Gasteiger partial charge >= 0.3 is 5.97 Å². The molecule has 2 aliphatic rings. The zero-order valence-electron chi connectivity index (χ0n) is 10.7. The summed E-state index contributed by atoms with van der Waals surface area (Å²) in [5, 5.41) is 7.04. The van der Waals surface area contributed by atoms with E-state index in [9.17, 15) is 4.79 Å². The van der Waals surface area contributed by atoms with Gasteiger partial charge in [0.2, 0.25) is 0 Å². The van der Waals surface area contributed by atoms with Crippen molar-refractivity contribution < 1.29 is 9.53 Å². The number of carbonyl (C=O) groups is 1. The van der Waals surface area contributed by atoms with Gasteiger partial charge in [-0.1, -0.05) is 13.8 Å². The minimum absolute atomic E-state index is 0.283. The fraction of sp³-hybridized carbons (Fsp3) is 0.692. The van der Waals surface area contributed by atoms with E-state index < -0.39 is 0 Å². The van der Waals surface area contributed by atoms with E-state index >= 15 is 0 Å². The van der Waals surface area contributed by atoms with E-state index in [1.165, 1.54) is 6.42 Å². The quantitative estimate of drug-likeness (QED) is 0.802. The van der Waals surface area contributed by atoms with Gasteiger partial charge in [0.05, 0.1) is 6.61 Å².